The average Bonchev–Trinajstić information content (AvgIpc) is 2.62. The second kappa shape index (κ2) is 8.37. The highest BCUT2D eigenvalue weighted by molar-refractivity contribution is 7.89. The molecule has 0 unspecified atom stereocenters. The average molecular weight is 441 g/mol. The molecule has 0 atom stereocenters. The van der Waals surface area contributed by atoms with Crippen LogP contribution >= 0.6 is 23.2 Å². The third-order valence-electron chi connectivity index (χ3n) is 4.91. The van der Waals surface area contributed by atoms with Crippen LogP contribution in [0.25, 0.3) is 0 Å². The molecule has 150 valence electrons. The number of nitrogens with one attached hydrogen (secondary N) is 1. The number of anilines is 1. The van der Waals surface area contributed by atoms with Gasteiger partial charge in [-0.3, -0.25) is 0 Å². The fourth-order valence-corrected chi connectivity index (χ4v) is 5.22. The molecule has 1 aromatic carbocycles. The van der Waals surface area contributed by atoms with Gasteiger partial charge in [0.15, 0.2) is 0 Å². The van der Waals surface area contributed by atoms with Crippen molar-refractivity contribution in [3.8, 4) is 0 Å². The molecule has 1 aromatic heterocycles. The monoisotopic (exact) mass is 440 g/mol. The van der Waals surface area contributed by atoms with Crippen molar-refractivity contribution in [1.82, 2.24) is 14.3 Å². The van der Waals surface area contributed by atoms with E-state index in [4.69, 9.17) is 23.2 Å². The molecule has 6 nitrogen and oxygen atoms in total. The van der Waals surface area contributed by atoms with E-state index >= 15 is 0 Å². The molecule has 9 heteroatoms. The molecule has 28 heavy (non-hydrogen) atoms. The fourth-order valence-electron chi connectivity index (χ4n) is 3.35. The van der Waals surface area contributed by atoms with E-state index in [1.54, 1.807) is 24.3 Å². The van der Waals surface area contributed by atoms with Gasteiger partial charge in [0, 0.05) is 24.7 Å². The van der Waals surface area contributed by atoms with Crippen LogP contribution in [0.1, 0.15) is 24.8 Å². The Morgan fingerprint density at radius 1 is 1.18 bits per heavy atom. The molecule has 0 aliphatic carbocycles. The Labute approximate surface area is 175 Å². The summed E-state index contributed by atoms with van der Waals surface area (Å²) in [5.74, 6) is 0.328. The predicted molar refractivity (Wildman–Crippen MR) is 112 cm³/mol. The van der Waals surface area contributed by atoms with Gasteiger partial charge in [-0.1, -0.05) is 47.0 Å². The summed E-state index contributed by atoms with van der Waals surface area (Å²) >= 11 is 11.9. The lowest BCUT2D eigenvalue weighted by Gasteiger charge is -2.41. The molecule has 1 aliphatic rings. The minimum atomic E-state index is -3.52. The van der Waals surface area contributed by atoms with Gasteiger partial charge >= 0.3 is 0 Å². The van der Waals surface area contributed by atoms with Gasteiger partial charge in [0.1, 0.15) is 10.3 Å². The number of aryl methyl sites for hydroxylation is 1. The lowest BCUT2D eigenvalue weighted by molar-refractivity contribution is 0.254. The second-order valence-corrected chi connectivity index (χ2v) is 9.66. The smallest absolute Gasteiger partial charge is 0.243 e. The topological polar surface area (TPSA) is 75.2 Å². The number of hydrogen-bond donors (Lipinski definition) is 1. The Kier molecular flexibility index (Phi) is 6.29. The molecule has 0 radical (unpaired) electrons. The van der Waals surface area contributed by atoms with Gasteiger partial charge in [-0.25, -0.2) is 18.4 Å². The summed E-state index contributed by atoms with van der Waals surface area (Å²) in [6, 6.07) is 8.37. The Balaban J connectivity index is 1.78. The largest absolute Gasteiger partial charge is 0.348 e. The minimum Gasteiger partial charge on any atom is -0.348 e. The lowest BCUT2D eigenvalue weighted by atomic mass is 9.85. The molecule has 0 bridgehead atoms. The summed E-state index contributed by atoms with van der Waals surface area (Å²) in [5, 5.41) is 3.80. The molecule has 2 aromatic rings. The van der Waals surface area contributed by atoms with Crippen LogP contribution in [0.5, 0.6) is 0 Å². The predicted octanol–water partition coefficient (Wildman–Crippen LogP) is 4.30. The highest BCUT2D eigenvalue weighted by Crippen LogP contribution is 2.32. The summed E-state index contributed by atoms with van der Waals surface area (Å²) in [7, 11) is -3.52. The van der Waals surface area contributed by atoms with Crippen molar-refractivity contribution in [2.45, 2.75) is 36.6 Å². The number of sulfonamides is 1. The van der Waals surface area contributed by atoms with E-state index in [2.05, 4.69) is 21.9 Å². The van der Waals surface area contributed by atoms with E-state index in [0.29, 0.717) is 43.2 Å². The Morgan fingerprint density at radius 2 is 1.75 bits per heavy atom. The third-order valence-corrected chi connectivity index (χ3v) is 7.21. The van der Waals surface area contributed by atoms with Gasteiger partial charge in [-0.2, -0.15) is 4.31 Å². The van der Waals surface area contributed by atoms with E-state index in [0.717, 1.165) is 5.56 Å². The van der Waals surface area contributed by atoms with Crippen molar-refractivity contribution in [2.75, 3.05) is 18.4 Å². The Hall–Kier alpha value is -1.67. The molecule has 0 amide bonds. The van der Waals surface area contributed by atoms with Crippen LogP contribution in [0.15, 0.2) is 47.9 Å². The van der Waals surface area contributed by atoms with Crippen molar-refractivity contribution in [1.29, 1.82) is 0 Å². The quantitative estimate of drug-likeness (QED) is 0.534. The lowest BCUT2D eigenvalue weighted by Crippen LogP contribution is -2.50. The standard InChI is InChI=1S/C19H22Cl2N4O2S/c1-3-8-19(24-18-22-16(20)13-17(21)23-18)9-11-25(12-10-19)28(26,27)15-6-4-14(2)5-7-15/h3-7,13H,1,8-12H2,2H3,(H,22,23,24). The SMILES string of the molecule is C=CCC1(Nc2nc(Cl)cc(Cl)n2)CCN(S(=O)(=O)c2ccc(C)cc2)CC1. The fraction of sp³-hybridized carbons (Fsp3) is 0.368. The van der Waals surface area contributed by atoms with Crippen molar-refractivity contribution >= 4 is 39.2 Å². The highest BCUT2D eigenvalue weighted by Gasteiger charge is 2.38. The second-order valence-electron chi connectivity index (χ2n) is 6.95. The van der Waals surface area contributed by atoms with Crippen LogP contribution in [0.4, 0.5) is 5.95 Å². The van der Waals surface area contributed by atoms with Gasteiger partial charge in [0.05, 0.1) is 4.90 Å². The van der Waals surface area contributed by atoms with E-state index in [1.165, 1.54) is 10.4 Å². The van der Waals surface area contributed by atoms with Gasteiger partial charge in [-0.05, 0) is 38.3 Å². The molecule has 1 N–H and O–H groups in total. The number of benzene rings is 1. The molecule has 3 rings (SSSR count). The third kappa shape index (κ3) is 4.66. The van der Waals surface area contributed by atoms with E-state index in [9.17, 15) is 8.42 Å². The highest BCUT2D eigenvalue weighted by atomic mass is 35.5. The normalized spacial score (nSPS) is 17.2. The zero-order valence-corrected chi connectivity index (χ0v) is 17.9. The van der Waals surface area contributed by atoms with E-state index < -0.39 is 15.6 Å². The van der Waals surface area contributed by atoms with Crippen molar-refractivity contribution < 1.29 is 8.42 Å². The first kappa shape index (κ1) is 21.0. The number of halogens is 2. The Morgan fingerprint density at radius 3 is 2.29 bits per heavy atom. The molecule has 0 saturated carbocycles. The van der Waals surface area contributed by atoms with E-state index in [1.807, 2.05) is 13.0 Å². The van der Waals surface area contributed by atoms with Crippen LogP contribution in [0.2, 0.25) is 10.3 Å². The molecule has 1 fully saturated rings. The van der Waals surface area contributed by atoms with Gasteiger partial charge in [0.2, 0.25) is 16.0 Å². The first-order chi connectivity index (χ1) is 13.2. The van der Waals surface area contributed by atoms with Crippen LogP contribution in [0, 0.1) is 6.92 Å². The van der Waals surface area contributed by atoms with Gasteiger partial charge in [-0.15, -0.1) is 6.58 Å². The van der Waals surface area contributed by atoms with Crippen LogP contribution < -0.4 is 5.32 Å². The van der Waals surface area contributed by atoms with Gasteiger partial charge in [0.25, 0.3) is 0 Å². The van der Waals surface area contributed by atoms with Crippen molar-refractivity contribution in [2.24, 2.45) is 0 Å². The van der Waals surface area contributed by atoms with E-state index in [-0.39, 0.29) is 10.3 Å². The maximum atomic E-state index is 12.9. The molecule has 1 saturated heterocycles. The number of aromatic nitrogens is 2. The molecular formula is C19H22Cl2N4O2S. The summed E-state index contributed by atoms with van der Waals surface area (Å²) in [6.07, 6.45) is 3.61. The maximum Gasteiger partial charge on any atom is 0.243 e. The van der Waals surface area contributed by atoms with Crippen molar-refractivity contribution in [3.05, 3.63) is 58.9 Å². The van der Waals surface area contributed by atoms with Crippen molar-refractivity contribution in [3.63, 3.8) is 0 Å². The maximum absolute atomic E-state index is 12.9. The van der Waals surface area contributed by atoms with Crippen LogP contribution in [-0.4, -0.2) is 41.3 Å². The first-order valence-corrected chi connectivity index (χ1v) is 11.1. The zero-order valence-electron chi connectivity index (χ0n) is 15.5. The van der Waals surface area contributed by atoms with Gasteiger partial charge < -0.3 is 5.32 Å². The molecular weight excluding hydrogens is 419 g/mol. The minimum absolute atomic E-state index is 0.246. The molecule has 0 spiro atoms. The number of piperidine rings is 1. The summed E-state index contributed by atoms with van der Waals surface area (Å²) in [6.45, 7) is 6.52. The number of rotatable bonds is 6. The van der Waals surface area contributed by atoms with Crippen LogP contribution in [-0.2, 0) is 10.0 Å². The number of hydrogen-bond acceptors (Lipinski definition) is 5. The first-order valence-electron chi connectivity index (χ1n) is 8.90. The molecule has 2 heterocycles. The molecule has 1 aliphatic heterocycles. The summed E-state index contributed by atoms with van der Waals surface area (Å²) in [4.78, 5) is 8.66. The summed E-state index contributed by atoms with van der Waals surface area (Å²) < 4.78 is 27.4. The zero-order chi connectivity index (χ0) is 20.4. The van der Waals surface area contributed by atoms with Crippen LogP contribution in [0.3, 0.4) is 0 Å². The summed E-state index contributed by atoms with van der Waals surface area (Å²) in [5.41, 5.74) is 0.613. The Bertz CT molecular complexity index is 936. The number of nitrogens with zero attached hydrogens (tertiary/aromatic N) is 3.